The van der Waals surface area contributed by atoms with Gasteiger partial charge in [0.05, 0.1) is 6.04 Å². The van der Waals surface area contributed by atoms with E-state index < -0.39 is 0 Å². The molecule has 15 heavy (non-hydrogen) atoms. The number of carbonyl (C=O) groups is 1. The van der Waals surface area contributed by atoms with Crippen LogP contribution in [0.3, 0.4) is 0 Å². The Balaban J connectivity index is 1.99. The first kappa shape index (κ1) is 10.9. The summed E-state index contributed by atoms with van der Waals surface area (Å²) < 4.78 is 0. The molecule has 1 saturated heterocycles. The Hall–Kier alpha value is -0.610. The average molecular weight is 211 g/mol. The molecule has 1 saturated carbocycles. The SMILES string of the molecule is CC1(C)CC1C(=O)N1CCNCC1CN. The van der Waals surface area contributed by atoms with Crippen molar-refractivity contribution in [3.05, 3.63) is 0 Å². The highest BCUT2D eigenvalue weighted by Gasteiger charge is 2.52. The molecule has 0 aromatic heterocycles. The summed E-state index contributed by atoms with van der Waals surface area (Å²) in [6, 6.07) is 0.197. The van der Waals surface area contributed by atoms with Gasteiger partial charge in [0.15, 0.2) is 0 Å². The van der Waals surface area contributed by atoms with Crippen molar-refractivity contribution in [2.75, 3.05) is 26.2 Å². The monoisotopic (exact) mass is 211 g/mol. The zero-order valence-electron chi connectivity index (χ0n) is 9.62. The van der Waals surface area contributed by atoms with Gasteiger partial charge >= 0.3 is 0 Å². The number of nitrogens with two attached hydrogens (primary N) is 1. The van der Waals surface area contributed by atoms with Crippen molar-refractivity contribution in [3.63, 3.8) is 0 Å². The number of hydrogen-bond donors (Lipinski definition) is 2. The van der Waals surface area contributed by atoms with Gasteiger partial charge in [0.25, 0.3) is 0 Å². The highest BCUT2D eigenvalue weighted by atomic mass is 16.2. The lowest BCUT2D eigenvalue weighted by Crippen LogP contribution is -2.57. The predicted octanol–water partition coefficient (Wildman–Crippen LogP) is -0.208. The molecule has 2 fully saturated rings. The minimum absolute atomic E-state index is 0.197. The summed E-state index contributed by atoms with van der Waals surface area (Å²) in [4.78, 5) is 14.2. The summed E-state index contributed by atoms with van der Waals surface area (Å²) in [7, 11) is 0. The molecule has 4 nitrogen and oxygen atoms in total. The third-order valence-corrected chi connectivity index (χ3v) is 3.72. The Morgan fingerprint density at radius 2 is 2.27 bits per heavy atom. The first-order chi connectivity index (χ1) is 7.06. The van der Waals surface area contributed by atoms with Crippen LogP contribution in [0.15, 0.2) is 0 Å². The first-order valence-corrected chi connectivity index (χ1v) is 5.77. The molecular formula is C11H21N3O. The number of rotatable bonds is 2. The van der Waals surface area contributed by atoms with E-state index in [0.717, 1.165) is 26.1 Å². The van der Waals surface area contributed by atoms with E-state index in [1.54, 1.807) is 0 Å². The molecule has 86 valence electrons. The van der Waals surface area contributed by atoms with E-state index >= 15 is 0 Å². The first-order valence-electron chi connectivity index (χ1n) is 5.77. The molecule has 1 aliphatic carbocycles. The number of nitrogens with zero attached hydrogens (tertiary/aromatic N) is 1. The molecule has 2 aliphatic rings. The maximum atomic E-state index is 12.2. The van der Waals surface area contributed by atoms with Gasteiger partial charge in [-0.25, -0.2) is 0 Å². The second-order valence-corrected chi connectivity index (χ2v) is 5.37. The van der Waals surface area contributed by atoms with Crippen LogP contribution in [-0.2, 0) is 4.79 Å². The molecule has 0 spiro atoms. The van der Waals surface area contributed by atoms with Gasteiger partial charge in [-0.05, 0) is 11.8 Å². The van der Waals surface area contributed by atoms with Gasteiger partial charge in [-0.15, -0.1) is 0 Å². The van der Waals surface area contributed by atoms with E-state index in [0.29, 0.717) is 12.5 Å². The molecule has 0 radical (unpaired) electrons. The lowest BCUT2D eigenvalue weighted by Gasteiger charge is -2.36. The van der Waals surface area contributed by atoms with Gasteiger partial charge in [-0.2, -0.15) is 0 Å². The van der Waals surface area contributed by atoms with Crippen molar-refractivity contribution < 1.29 is 4.79 Å². The molecule has 2 rings (SSSR count). The fourth-order valence-electron chi connectivity index (χ4n) is 2.35. The second-order valence-electron chi connectivity index (χ2n) is 5.37. The van der Waals surface area contributed by atoms with Crippen LogP contribution >= 0.6 is 0 Å². The highest BCUT2D eigenvalue weighted by Crippen LogP contribution is 2.52. The van der Waals surface area contributed by atoms with Crippen molar-refractivity contribution in [1.29, 1.82) is 0 Å². The van der Waals surface area contributed by atoms with Crippen molar-refractivity contribution in [2.45, 2.75) is 26.3 Å². The Bertz CT molecular complexity index is 265. The number of amides is 1. The Morgan fingerprint density at radius 1 is 1.60 bits per heavy atom. The summed E-state index contributed by atoms with van der Waals surface area (Å²) in [5, 5.41) is 3.28. The maximum Gasteiger partial charge on any atom is 0.226 e. The minimum atomic E-state index is 0.197. The topological polar surface area (TPSA) is 58.4 Å². The van der Waals surface area contributed by atoms with Crippen LogP contribution in [0, 0.1) is 11.3 Å². The second kappa shape index (κ2) is 3.76. The zero-order chi connectivity index (χ0) is 11.1. The van der Waals surface area contributed by atoms with Gasteiger partial charge < -0.3 is 16.0 Å². The van der Waals surface area contributed by atoms with Crippen LogP contribution in [0.25, 0.3) is 0 Å². The molecule has 3 N–H and O–H groups in total. The summed E-state index contributed by atoms with van der Waals surface area (Å²) in [6.07, 6.45) is 1.03. The maximum absolute atomic E-state index is 12.2. The fourth-order valence-corrected chi connectivity index (χ4v) is 2.35. The van der Waals surface area contributed by atoms with E-state index in [4.69, 9.17) is 5.73 Å². The molecule has 1 heterocycles. The number of nitrogens with one attached hydrogen (secondary N) is 1. The van der Waals surface area contributed by atoms with Crippen LogP contribution in [0.4, 0.5) is 0 Å². The van der Waals surface area contributed by atoms with Crippen molar-refractivity contribution in [3.8, 4) is 0 Å². The van der Waals surface area contributed by atoms with Crippen molar-refractivity contribution >= 4 is 5.91 Å². The summed E-state index contributed by atoms with van der Waals surface area (Å²) >= 11 is 0. The fraction of sp³-hybridized carbons (Fsp3) is 0.909. The van der Waals surface area contributed by atoms with Crippen LogP contribution in [-0.4, -0.2) is 43.0 Å². The lowest BCUT2D eigenvalue weighted by atomic mass is 10.1. The highest BCUT2D eigenvalue weighted by molar-refractivity contribution is 5.83. The van der Waals surface area contributed by atoms with Gasteiger partial charge in [0, 0.05) is 32.1 Å². The van der Waals surface area contributed by atoms with Gasteiger partial charge in [0.2, 0.25) is 5.91 Å². The van der Waals surface area contributed by atoms with Crippen LogP contribution in [0.1, 0.15) is 20.3 Å². The van der Waals surface area contributed by atoms with Crippen LogP contribution < -0.4 is 11.1 Å². The zero-order valence-corrected chi connectivity index (χ0v) is 9.62. The van der Waals surface area contributed by atoms with E-state index in [1.165, 1.54) is 0 Å². The Morgan fingerprint density at radius 3 is 2.80 bits per heavy atom. The standard InChI is InChI=1S/C11H21N3O/c1-11(2)5-9(11)10(15)14-4-3-13-7-8(14)6-12/h8-9,13H,3-7,12H2,1-2H3. The van der Waals surface area contributed by atoms with E-state index in [9.17, 15) is 4.79 Å². The summed E-state index contributed by atoms with van der Waals surface area (Å²) in [5.41, 5.74) is 5.91. The van der Waals surface area contributed by atoms with Crippen molar-refractivity contribution in [1.82, 2.24) is 10.2 Å². The smallest absolute Gasteiger partial charge is 0.226 e. The molecule has 1 amide bonds. The molecule has 2 atom stereocenters. The van der Waals surface area contributed by atoms with E-state index in [2.05, 4.69) is 19.2 Å². The Kier molecular flexibility index (Phi) is 2.73. The van der Waals surface area contributed by atoms with Crippen LogP contribution in [0.2, 0.25) is 0 Å². The quantitative estimate of drug-likeness (QED) is 0.664. The molecule has 0 aromatic carbocycles. The molecule has 2 unspecified atom stereocenters. The Labute approximate surface area is 91.2 Å². The van der Waals surface area contributed by atoms with Crippen LogP contribution in [0.5, 0.6) is 0 Å². The minimum Gasteiger partial charge on any atom is -0.336 e. The van der Waals surface area contributed by atoms with Crippen molar-refractivity contribution in [2.24, 2.45) is 17.1 Å². The molecule has 0 bridgehead atoms. The van der Waals surface area contributed by atoms with Gasteiger partial charge in [0.1, 0.15) is 0 Å². The summed E-state index contributed by atoms with van der Waals surface area (Å²) in [5.74, 6) is 0.557. The summed E-state index contributed by atoms with van der Waals surface area (Å²) in [6.45, 7) is 7.44. The van der Waals surface area contributed by atoms with E-state index in [1.807, 2.05) is 4.90 Å². The van der Waals surface area contributed by atoms with Gasteiger partial charge in [-0.1, -0.05) is 13.8 Å². The van der Waals surface area contributed by atoms with Gasteiger partial charge in [-0.3, -0.25) is 4.79 Å². The number of piperazine rings is 1. The molecule has 4 heteroatoms. The number of carbonyl (C=O) groups excluding carboxylic acids is 1. The number of hydrogen-bond acceptors (Lipinski definition) is 3. The predicted molar refractivity (Wildman–Crippen MR) is 59.3 cm³/mol. The lowest BCUT2D eigenvalue weighted by molar-refractivity contribution is -0.136. The molecular weight excluding hydrogens is 190 g/mol. The molecule has 1 aliphatic heterocycles. The average Bonchev–Trinajstić information content (AvgIpc) is 2.86. The third-order valence-electron chi connectivity index (χ3n) is 3.72. The van der Waals surface area contributed by atoms with E-state index in [-0.39, 0.29) is 17.4 Å². The third kappa shape index (κ3) is 2.01. The normalized spacial score (nSPS) is 33.9. The molecule has 0 aromatic rings. The largest absolute Gasteiger partial charge is 0.336 e.